The van der Waals surface area contributed by atoms with E-state index in [0.29, 0.717) is 11.6 Å². The highest BCUT2D eigenvalue weighted by molar-refractivity contribution is 7.93. The van der Waals surface area contributed by atoms with E-state index in [1.54, 1.807) is 7.11 Å². The molecule has 0 radical (unpaired) electrons. The third-order valence-corrected chi connectivity index (χ3v) is 8.45. The number of aliphatic hydroxyl groups is 1. The molecule has 2 aliphatic carbocycles. The van der Waals surface area contributed by atoms with Crippen molar-refractivity contribution in [2.45, 2.75) is 55.4 Å². The van der Waals surface area contributed by atoms with E-state index in [1.165, 1.54) is 26.4 Å². The molecule has 182 valence electrons. The van der Waals surface area contributed by atoms with Gasteiger partial charge in [0.2, 0.25) is 16.0 Å². The van der Waals surface area contributed by atoms with Crippen molar-refractivity contribution in [2.24, 2.45) is 5.92 Å². The van der Waals surface area contributed by atoms with Gasteiger partial charge in [0.25, 0.3) is 0 Å². The van der Waals surface area contributed by atoms with E-state index in [0.717, 1.165) is 31.5 Å². The Morgan fingerprint density at radius 1 is 1.27 bits per heavy atom. The van der Waals surface area contributed by atoms with Gasteiger partial charge in [-0.15, -0.1) is 10.2 Å². The van der Waals surface area contributed by atoms with Crippen LogP contribution < -0.4 is 4.72 Å². The molecule has 2 aliphatic rings. The summed E-state index contributed by atoms with van der Waals surface area (Å²) >= 11 is 5.85. The van der Waals surface area contributed by atoms with Gasteiger partial charge in [-0.05, 0) is 38.5 Å². The van der Waals surface area contributed by atoms with E-state index < -0.39 is 21.4 Å². The summed E-state index contributed by atoms with van der Waals surface area (Å²) in [7, 11) is -0.936. The van der Waals surface area contributed by atoms with E-state index in [4.69, 9.17) is 21.1 Å². The molecule has 0 bridgehead atoms. The Kier molecular flexibility index (Phi) is 6.92. The van der Waals surface area contributed by atoms with Gasteiger partial charge in [-0.25, -0.2) is 18.4 Å². The molecule has 2 heterocycles. The zero-order valence-corrected chi connectivity index (χ0v) is 20.4. The van der Waals surface area contributed by atoms with Gasteiger partial charge in [-0.3, -0.25) is 9.29 Å². The molecule has 2 aromatic heterocycles. The number of methoxy groups -OCH3 is 2. The number of hydrogen-bond donors (Lipinski definition) is 2. The molecule has 2 aromatic rings. The molecule has 4 rings (SSSR count). The molecule has 0 amide bonds. The van der Waals surface area contributed by atoms with Gasteiger partial charge in [-0.2, -0.15) is 0 Å². The summed E-state index contributed by atoms with van der Waals surface area (Å²) in [6, 6.07) is 0. The van der Waals surface area contributed by atoms with E-state index in [-0.39, 0.29) is 35.8 Å². The lowest BCUT2D eigenvalue weighted by atomic mass is 9.75. The molecule has 2 N–H and O–H groups in total. The van der Waals surface area contributed by atoms with Gasteiger partial charge in [0.15, 0.2) is 5.82 Å². The van der Waals surface area contributed by atoms with E-state index in [9.17, 15) is 13.5 Å². The summed E-state index contributed by atoms with van der Waals surface area (Å²) in [5, 5.41) is 17.3. The molecule has 13 heteroatoms. The Morgan fingerprint density at radius 3 is 2.48 bits per heavy atom. The molecular weight excluding hydrogens is 472 g/mol. The smallest absolute Gasteiger partial charge is 0.240 e. The average molecular weight is 501 g/mol. The summed E-state index contributed by atoms with van der Waals surface area (Å²) in [5.41, 5.74) is -0.376. The van der Waals surface area contributed by atoms with Crippen LogP contribution in [0.5, 0.6) is 0 Å². The van der Waals surface area contributed by atoms with Crippen LogP contribution in [0, 0.1) is 5.92 Å². The minimum absolute atomic E-state index is 0.119. The number of nitrogens with one attached hydrogen (secondary N) is 1. The Bertz CT molecular complexity index is 1070. The third-order valence-electron chi connectivity index (χ3n) is 6.56. The summed E-state index contributed by atoms with van der Waals surface area (Å²) in [4.78, 5) is 8.23. The number of anilines is 1. The average Bonchev–Trinajstić information content (AvgIpc) is 3.41. The van der Waals surface area contributed by atoms with Gasteiger partial charge in [-0.1, -0.05) is 11.6 Å². The van der Waals surface area contributed by atoms with Crippen molar-refractivity contribution in [1.29, 1.82) is 0 Å². The van der Waals surface area contributed by atoms with Gasteiger partial charge in [0.05, 0.1) is 17.2 Å². The third kappa shape index (κ3) is 4.72. The number of aromatic nitrogens is 5. The lowest BCUT2D eigenvalue weighted by Crippen LogP contribution is -2.36. The number of ether oxygens (including phenoxy) is 2. The first-order valence-corrected chi connectivity index (χ1v) is 12.7. The van der Waals surface area contributed by atoms with E-state index in [2.05, 4.69) is 24.9 Å². The summed E-state index contributed by atoms with van der Waals surface area (Å²) in [6.07, 6.45) is 5.14. The molecule has 0 aliphatic heterocycles. The summed E-state index contributed by atoms with van der Waals surface area (Å²) < 4.78 is 42.1. The number of halogens is 1. The number of hydrogen-bond acceptors (Lipinski definition) is 9. The maximum absolute atomic E-state index is 13.3. The van der Waals surface area contributed by atoms with E-state index >= 15 is 0 Å². The van der Waals surface area contributed by atoms with Crippen molar-refractivity contribution in [3.05, 3.63) is 29.1 Å². The minimum Gasteiger partial charge on any atom is -0.396 e. The normalized spacial score (nSPS) is 23.5. The van der Waals surface area contributed by atoms with Crippen LogP contribution in [0.1, 0.15) is 56.3 Å². The molecule has 0 saturated heterocycles. The summed E-state index contributed by atoms with van der Waals surface area (Å²) in [5.74, 6) is 1.45. The van der Waals surface area contributed by atoms with E-state index in [1.807, 2.05) is 4.57 Å². The van der Waals surface area contributed by atoms with Gasteiger partial charge >= 0.3 is 0 Å². The van der Waals surface area contributed by atoms with Crippen LogP contribution >= 0.6 is 11.6 Å². The van der Waals surface area contributed by atoms with Crippen LogP contribution in [0.4, 0.5) is 5.95 Å². The zero-order valence-electron chi connectivity index (χ0n) is 18.8. The Labute approximate surface area is 197 Å². The Hall–Kier alpha value is -1.86. The van der Waals surface area contributed by atoms with Crippen LogP contribution in [0.3, 0.4) is 0 Å². The molecule has 2 atom stereocenters. The highest BCUT2D eigenvalue weighted by Gasteiger charge is 2.50. The minimum atomic E-state index is -3.96. The van der Waals surface area contributed by atoms with Crippen molar-refractivity contribution in [1.82, 2.24) is 24.7 Å². The number of sulfonamides is 1. The molecule has 2 saturated carbocycles. The maximum atomic E-state index is 13.3. The first-order valence-electron chi connectivity index (χ1n) is 10.8. The number of nitrogens with zero attached hydrogens (tertiary/aromatic N) is 5. The lowest BCUT2D eigenvalue weighted by Gasteiger charge is -2.35. The fraction of sp³-hybridized carbons (Fsp3) is 0.700. The molecule has 0 spiro atoms. The molecular formula is C20H29ClN6O5S. The highest BCUT2D eigenvalue weighted by atomic mass is 35.5. The molecule has 2 unspecified atom stereocenters. The Morgan fingerprint density at radius 2 is 1.94 bits per heavy atom. The summed E-state index contributed by atoms with van der Waals surface area (Å²) in [6.45, 7) is 2.09. The second kappa shape index (κ2) is 9.41. The molecule has 2 fully saturated rings. The molecule has 0 aromatic carbocycles. The second-order valence-electron chi connectivity index (χ2n) is 8.86. The largest absolute Gasteiger partial charge is 0.396 e. The highest BCUT2D eigenvalue weighted by Crippen LogP contribution is 2.50. The SMILES string of the molecule is COCC1(n2c(NS(=O)(=O)C(C)C(OC)c3ncc(Cl)cn3)nnc2[C@H]2C[C@H](CO)C2)CC1. The van der Waals surface area contributed by atoms with Crippen molar-refractivity contribution < 1.29 is 23.0 Å². The topological polar surface area (TPSA) is 141 Å². The number of aliphatic hydroxyl groups excluding tert-OH is 1. The first-order chi connectivity index (χ1) is 15.7. The molecule has 33 heavy (non-hydrogen) atoms. The standard InChI is InChI=1S/C20H29ClN6O5S/c1-12(16(32-3)17-22-8-15(21)9-23-17)33(29,30)26-19-25-24-18(14-6-13(7-14)10-28)27(19)20(4-5-20)11-31-2/h8-9,12-14,16,28H,4-7,10-11H2,1-3H3,(H,25,26)/t12?,13-,14-,16?. The van der Waals surface area contributed by atoms with Crippen molar-refractivity contribution in [3.8, 4) is 0 Å². The zero-order chi connectivity index (χ0) is 23.8. The predicted octanol–water partition coefficient (Wildman–Crippen LogP) is 1.86. The fourth-order valence-electron chi connectivity index (χ4n) is 4.39. The van der Waals surface area contributed by atoms with Crippen LogP contribution in [-0.2, 0) is 25.0 Å². The van der Waals surface area contributed by atoms with Crippen LogP contribution in [0.15, 0.2) is 12.4 Å². The second-order valence-corrected chi connectivity index (χ2v) is 11.3. The fourth-order valence-corrected chi connectivity index (χ4v) is 5.62. The van der Waals surface area contributed by atoms with Gasteiger partial charge in [0, 0.05) is 39.1 Å². The van der Waals surface area contributed by atoms with Crippen molar-refractivity contribution in [2.75, 3.05) is 32.2 Å². The lowest BCUT2D eigenvalue weighted by molar-refractivity contribution is 0.0950. The van der Waals surface area contributed by atoms with Gasteiger partial charge < -0.3 is 14.6 Å². The monoisotopic (exact) mass is 500 g/mol. The van der Waals surface area contributed by atoms with Crippen LogP contribution in [0.2, 0.25) is 5.02 Å². The predicted molar refractivity (Wildman–Crippen MR) is 120 cm³/mol. The van der Waals surface area contributed by atoms with Crippen LogP contribution in [0.25, 0.3) is 0 Å². The van der Waals surface area contributed by atoms with Crippen molar-refractivity contribution in [3.63, 3.8) is 0 Å². The van der Waals surface area contributed by atoms with Crippen molar-refractivity contribution >= 4 is 27.6 Å². The van der Waals surface area contributed by atoms with Gasteiger partial charge in [0.1, 0.15) is 17.2 Å². The number of rotatable bonds is 11. The first kappa shape index (κ1) is 24.3. The molecule has 11 nitrogen and oxygen atoms in total. The Balaban J connectivity index is 1.62. The maximum Gasteiger partial charge on any atom is 0.240 e. The quantitative estimate of drug-likeness (QED) is 0.472. The van der Waals surface area contributed by atoms with Crippen LogP contribution in [-0.4, -0.2) is 70.9 Å².